The predicted molar refractivity (Wildman–Crippen MR) is 125 cm³/mol. The van der Waals surface area contributed by atoms with Crippen LogP contribution in [0.3, 0.4) is 0 Å². The van der Waals surface area contributed by atoms with E-state index in [0.717, 1.165) is 29.5 Å². The summed E-state index contributed by atoms with van der Waals surface area (Å²) >= 11 is 0. The van der Waals surface area contributed by atoms with Crippen molar-refractivity contribution < 1.29 is 14.6 Å². The van der Waals surface area contributed by atoms with Crippen LogP contribution < -0.4 is 15.8 Å². The van der Waals surface area contributed by atoms with Gasteiger partial charge in [-0.2, -0.15) is 10.2 Å². The summed E-state index contributed by atoms with van der Waals surface area (Å²) in [5.74, 6) is 0.485. The van der Waals surface area contributed by atoms with Crippen LogP contribution >= 0.6 is 0 Å². The van der Waals surface area contributed by atoms with E-state index in [0.29, 0.717) is 30.1 Å². The molecule has 1 atom stereocenters. The van der Waals surface area contributed by atoms with E-state index in [4.69, 9.17) is 10.5 Å². The first-order chi connectivity index (χ1) is 15.1. The Labute approximate surface area is 189 Å². The molecule has 2 aromatic rings. The summed E-state index contributed by atoms with van der Waals surface area (Å²) < 4.78 is 5.56. The number of benzene rings is 1. The number of hydrogen-bond acceptors (Lipinski definition) is 7. The molecule has 0 aliphatic rings. The molecule has 1 heterocycles. The molecule has 0 bridgehead atoms. The van der Waals surface area contributed by atoms with Crippen LogP contribution in [0.25, 0.3) is 0 Å². The van der Waals surface area contributed by atoms with Gasteiger partial charge >= 0.3 is 5.97 Å². The van der Waals surface area contributed by atoms with Crippen molar-refractivity contribution in [2.24, 2.45) is 0 Å². The number of nitrogen functional groups attached to an aromatic ring is 1. The Hall–Kier alpha value is -3.34. The van der Waals surface area contributed by atoms with Crippen molar-refractivity contribution >= 4 is 17.7 Å². The smallest absolute Gasteiger partial charge is 0.305 e. The molecular weight excluding hydrogens is 406 g/mol. The zero-order chi connectivity index (χ0) is 23.9. The maximum Gasteiger partial charge on any atom is 0.305 e. The van der Waals surface area contributed by atoms with Crippen LogP contribution in [-0.4, -0.2) is 34.2 Å². The van der Waals surface area contributed by atoms with Crippen LogP contribution in [-0.2, 0) is 16.6 Å². The number of hydrogen-bond donors (Lipinski definition) is 3. The second-order valence-corrected chi connectivity index (χ2v) is 8.52. The summed E-state index contributed by atoms with van der Waals surface area (Å²) in [7, 11) is 1.60. The molecule has 0 saturated carbocycles. The molecule has 0 spiro atoms. The lowest BCUT2D eigenvalue weighted by Gasteiger charge is -2.22. The molecular formula is C24H33N5O3. The van der Waals surface area contributed by atoms with Gasteiger partial charge in [-0.15, -0.1) is 0 Å². The fourth-order valence-electron chi connectivity index (χ4n) is 3.59. The number of carboxylic acid groups (broad SMARTS) is 1. The van der Waals surface area contributed by atoms with E-state index in [1.165, 1.54) is 0 Å². The summed E-state index contributed by atoms with van der Waals surface area (Å²) in [6, 6.07) is 7.78. The summed E-state index contributed by atoms with van der Waals surface area (Å²) in [6.07, 6.45) is 3.01. The molecule has 172 valence electrons. The summed E-state index contributed by atoms with van der Waals surface area (Å²) in [4.78, 5) is 20.1. The standard InChI is InChI=1S/C24H33N5O3/c1-6-7-8-18(13-21(30)31)28-22-19(15(2)27-23(26)29-22)12-16-11-17(24(3,4)14-25)9-10-20(16)32-5/h9-11,18H,6-8,12-13H2,1-5H3,(H,30,31)(H3,26,27,28,29). The van der Waals surface area contributed by atoms with Crippen LogP contribution in [0, 0.1) is 18.3 Å². The highest BCUT2D eigenvalue weighted by Gasteiger charge is 2.23. The van der Waals surface area contributed by atoms with E-state index in [9.17, 15) is 15.2 Å². The first-order valence-corrected chi connectivity index (χ1v) is 10.8. The van der Waals surface area contributed by atoms with Crippen LogP contribution in [0.1, 0.15) is 68.8 Å². The second kappa shape index (κ2) is 10.8. The van der Waals surface area contributed by atoms with Crippen LogP contribution in [0.2, 0.25) is 0 Å². The fraction of sp³-hybridized carbons (Fsp3) is 0.500. The Morgan fingerprint density at radius 3 is 2.69 bits per heavy atom. The Balaban J connectivity index is 2.49. The topological polar surface area (TPSA) is 134 Å². The Morgan fingerprint density at radius 1 is 1.38 bits per heavy atom. The SMILES string of the molecule is CCCCC(CC(=O)O)Nc1nc(N)nc(C)c1Cc1cc(C(C)(C)C#N)ccc1OC. The van der Waals surface area contributed by atoms with Gasteiger partial charge < -0.3 is 20.9 Å². The number of aryl methyl sites for hydroxylation is 1. The molecule has 1 aromatic carbocycles. The zero-order valence-electron chi connectivity index (χ0n) is 19.5. The minimum atomic E-state index is -0.869. The van der Waals surface area contributed by atoms with Crippen molar-refractivity contribution in [3.05, 3.63) is 40.6 Å². The third-order valence-electron chi connectivity index (χ3n) is 5.55. The maximum atomic E-state index is 11.4. The van der Waals surface area contributed by atoms with Crippen LogP contribution in [0.4, 0.5) is 11.8 Å². The molecule has 0 amide bonds. The number of anilines is 2. The molecule has 8 heteroatoms. The van der Waals surface area contributed by atoms with E-state index in [2.05, 4.69) is 28.3 Å². The number of nitrogens with two attached hydrogens (primary N) is 1. The zero-order valence-corrected chi connectivity index (χ0v) is 19.5. The molecule has 32 heavy (non-hydrogen) atoms. The number of rotatable bonds is 11. The fourth-order valence-corrected chi connectivity index (χ4v) is 3.59. The van der Waals surface area contributed by atoms with E-state index < -0.39 is 11.4 Å². The highest BCUT2D eigenvalue weighted by Crippen LogP contribution is 2.32. The quantitative estimate of drug-likeness (QED) is 0.474. The number of carboxylic acids is 1. The number of carbonyl (C=O) groups is 1. The first-order valence-electron chi connectivity index (χ1n) is 10.8. The maximum absolute atomic E-state index is 11.4. The van der Waals surface area contributed by atoms with Crippen LogP contribution in [0.15, 0.2) is 18.2 Å². The Morgan fingerprint density at radius 2 is 2.09 bits per heavy atom. The van der Waals surface area contributed by atoms with Gasteiger partial charge in [0, 0.05) is 23.7 Å². The molecule has 0 saturated heterocycles. The average molecular weight is 440 g/mol. The van der Waals surface area contributed by atoms with Gasteiger partial charge in [0.1, 0.15) is 11.6 Å². The summed E-state index contributed by atoms with van der Waals surface area (Å²) in [5.41, 5.74) is 8.55. The molecule has 4 N–H and O–H groups in total. The van der Waals surface area contributed by atoms with Crippen molar-refractivity contribution in [1.29, 1.82) is 5.26 Å². The second-order valence-electron chi connectivity index (χ2n) is 8.52. The largest absolute Gasteiger partial charge is 0.496 e. The number of nitriles is 1. The van der Waals surface area contributed by atoms with Gasteiger partial charge in [-0.05, 0) is 44.4 Å². The predicted octanol–water partition coefficient (Wildman–Crippen LogP) is 4.21. The monoisotopic (exact) mass is 439 g/mol. The number of aliphatic carboxylic acids is 1. The minimum absolute atomic E-state index is 0.0163. The van der Waals surface area contributed by atoms with Crippen molar-refractivity contribution in [1.82, 2.24) is 9.97 Å². The van der Waals surface area contributed by atoms with Crippen molar-refractivity contribution in [3.8, 4) is 11.8 Å². The Bertz CT molecular complexity index is 998. The van der Waals surface area contributed by atoms with Gasteiger partial charge in [0.05, 0.1) is 25.0 Å². The van der Waals surface area contributed by atoms with Gasteiger partial charge in [-0.3, -0.25) is 4.79 Å². The van der Waals surface area contributed by atoms with Gasteiger partial charge in [-0.25, -0.2) is 4.98 Å². The van der Waals surface area contributed by atoms with Gasteiger partial charge in [0.15, 0.2) is 0 Å². The molecule has 1 aromatic heterocycles. The third kappa shape index (κ3) is 6.33. The highest BCUT2D eigenvalue weighted by atomic mass is 16.5. The molecule has 8 nitrogen and oxygen atoms in total. The summed E-state index contributed by atoms with van der Waals surface area (Å²) in [5, 5.41) is 22.2. The van der Waals surface area contributed by atoms with E-state index in [-0.39, 0.29) is 18.4 Å². The number of ether oxygens (including phenoxy) is 1. The normalized spacial score (nSPS) is 12.1. The van der Waals surface area contributed by atoms with Gasteiger partial charge in [0.2, 0.25) is 5.95 Å². The number of nitrogens with one attached hydrogen (secondary N) is 1. The van der Waals surface area contributed by atoms with Crippen molar-refractivity contribution in [2.75, 3.05) is 18.2 Å². The van der Waals surface area contributed by atoms with E-state index in [1.807, 2.05) is 39.0 Å². The number of unbranched alkanes of at least 4 members (excludes halogenated alkanes) is 1. The number of methoxy groups -OCH3 is 1. The lowest BCUT2D eigenvalue weighted by atomic mass is 9.84. The van der Waals surface area contributed by atoms with Crippen LogP contribution in [0.5, 0.6) is 5.75 Å². The molecule has 0 radical (unpaired) electrons. The minimum Gasteiger partial charge on any atom is -0.496 e. The number of nitrogens with zero attached hydrogens (tertiary/aromatic N) is 3. The highest BCUT2D eigenvalue weighted by molar-refractivity contribution is 5.68. The van der Waals surface area contributed by atoms with Gasteiger partial charge in [-0.1, -0.05) is 31.9 Å². The molecule has 0 aliphatic heterocycles. The van der Waals surface area contributed by atoms with Gasteiger partial charge in [0.25, 0.3) is 0 Å². The molecule has 2 rings (SSSR count). The summed E-state index contributed by atoms with van der Waals surface area (Å²) in [6.45, 7) is 7.66. The Kier molecular flexibility index (Phi) is 8.41. The van der Waals surface area contributed by atoms with Crippen molar-refractivity contribution in [2.45, 2.75) is 71.3 Å². The lowest BCUT2D eigenvalue weighted by molar-refractivity contribution is -0.137. The first kappa shape index (κ1) is 24.9. The average Bonchev–Trinajstić information content (AvgIpc) is 2.73. The molecule has 1 unspecified atom stereocenters. The molecule has 0 fully saturated rings. The van der Waals surface area contributed by atoms with E-state index >= 15 is 0 Å². The lowest BCUT2D eigenvalue weighted by Crippen LogP contribution is -2.25. The molecule has 0 aliphatic carbocycles. The van der Waals surface area contributed by atoms with Crippen molar-refractivity contribution in [3.63, 3.8) is 0 Å². The van der Waals surface area contributed by atoms with E-state index in [1.54, 1.807) is 7.11 Å². The number of aromatic nitrogens is 2. The third-order valence-corrected chi connectivity index (χ3v) is 5.55.